The molecule has 2 bridgehead atoms. The van der Waals surface area contributed by atoms with Crippen molar-refractivity contribution in [2.45, 2.75) is 49.7 Å². The van der Waals surface area contributed by atoms with Gasteiger partial charge in [0.1, 0.15) is 5.02 Å². The standard InChI is InChI=1S/C26H27ClF2N6O3/c1-34-19-7-4-14(31-23-18(27)9-30-25(33-23)35-15-5-6-16(35)11-37-10-15)8-17(19)20-21(24(34)36)38-12-26(28,29)22(32-20)13-2-3-13/h4,7-9,13,15-16,22,32H,2-3,5-6,10-12H2,1H3,(H,30,31,33)/t15?,16?,22-/m0/s1. The summed E-state index contributed by atoms with van der Waals surface area (Å²) in [6.07, 6.45) is 5.08. The molecule has 38 heavy (non-hydrogen) atoms. The first-order valence-corrected chi connectivity index (χ1v) is 13.3. The summed E-state index contributed by atoms with van der Waals surface area (Å²) in [6.45, 7) is 0.459. The van der Waals surface area contributed by atoms with E-state index in [4.69, 9.17) is 26.1 Å². The number of hydrogen-bond donors (Lipinski definition) is 2. The first kappa shape index (κ1) is 23.9. The molecular formula is C26H27ClF2N6O3. The second-order valence-electron chi connectivity index (χ2n) is 10.6. The van der Waals surface area contributed by atoms with E-state index >= 15 is 0 Å². The van der Waals surface area contributed by atoms with Crippen LogP contribution in [0, 0.1) is 5.92 Å². The summed E-state index contributed by atoms with van der Waals surface area (Å²) in [5.74, 6) is -2.32. The van der Waals surface area contributed by atoms with Crippen molar-refractivity contribution < 1.29 is 18.3 Å². The molecular weight excluding hydrogens is 518 g/mol. The number of hydrogen-bond acceptors (Lipinski definition) is 8. The van der Waals surface area contributed by atoms with Crippen molar-refractivity contribution in [1.82, 2.24) is 14.5 Å². The van der Waals surface area contributed by atoms with E-state index in [0.717, 1.165) is 25.7 Å². The Balaban J connectivity index is 1.28. The lowest BCUT2D eigenvalue weighted by Gasteiger charge is -2.34. The minimum Gasteiger partial charge on any atom is -0.480 e. The van der Waals surface area contributed by atoms with Crippen LogP contribution in [0.5, 0.6) is 5.75 Å². The number of nitrogens with one attached hydrogen (secondary N) is 2. The predicted octanol–water partition coefficient (Wildman–Crippen LogP) is 4.31. The maximum absolute atomic E-state index is 14.9. The number of pyridine rings is 1. The third kappa shape index (κ3) is 3.86. The molecule has 12 heteroatoms. The van der Waals surface area contributed by atoms with Crippen molar-refractivity contribution in [2.75, 3.05) is 35.4 Å². The average molecular weight is 545 g/mol. The molecule has 0 radical (unpaired) electrons. The van der Waals surface area contributed by atoms with Crippen LogP contribution in [0.3, 0.4) is 0 Å². The second-order valence-corrected chi connectivity index (χ2v) is 11.0. The van der Waals surface area contributed by atoms with Crippen molar-refractivity contribution in [1.29, 1.82) is 0 Å². The molecule has 9 nitrogen and oxygen atoms in total. The molecule has 5 heterocycles. The number of morpholine rings is 1. The number of nitrogens with zero attached hydrogens (tertiary/aromatic N) is 4. The number of aryl methyl sites for hydroxylation is 1. The maximum atomic E-state index is 14.9. The molecule has 3 atom stereocenters. The summed E-state index contributed by atoms with van der Waals surface area (Å²) in [7, 11) is 1.60. The van der Waals surface area contributed by atoms with Gasteiger partial charge in [-0.1, -0.05) is 11.6 Å². The van der Waals surface area contributed by atoms with Crippen LogP contribution in [0.4, 0.5) is 31.9 Å². The van der Waals surface area contributed by atoms with Gasteiger partial charge in [-0.25, -0.2) is 13.8 Å². The monoisotopic (exact) mass is 544 g/mol. The summed E-state index contributed by atoms with van der Waals surface area (Å²) in [4.78, 5) is 24.5. The first-order chi connectivity index (χ1) is 18.3. The topological polar surface area (TPSA) is 93.5 Å². The number of fused-ring (bicyclic) bond motifs is 5. The number of rotatable bonds is 4. The second kappa shape index (κ2) is 8.67. The molecule has 200 valence electrons. The Hall–Kier alpha value is -3.18. The summed E-state index contributed by atoms with van der Waals surface area (Å²) in [6, 6.07) is 4.75. The van der Waals surface area contributed by atoms with Gasteiger partial charge in [0.2, 0.25) is 11.7 Å². The van der Waals surface area contributed by atoms with Crippen molar-refractivity contribution >= 4 is 45.6 Å². The quantitative estimate of drug-likeness (QED) is 0.502. The van der Waals surface area contributed by atoms with E-state index in [2.05, 4.69) is 20.5 Å². The maximum Gasteiger partial charge on any atom is 0.301 e. The molecule has 2 unspecified atom stereocenters. The summed E-state index contributed by atoms with van der Waals surface area (Å²) < 4.78 is 42.4. The molecule has 2 saturated heterocycles. The highest BCUT2D eigenvalue weighted by atomic mass is 35.5. The number of anilines is 4. The van der Waals surface area contributed by atoms with Crippen molar-refractivity contribution in [3.63, 3.8) is 0 Å². The first-order valence-electron chi connectivity index (χ1n) is 12.9. The van der Waals surface area contributed by atoms with Crippen molar-refractivity contribution in [2.24, 2.45) is 13.0 Å². The van der Waals surface area contributed by atoms with Gasteiger partial charge in [0.05, 0.1) is 48.7 Å². The van der Waals surface area contributed by atoms with E-state index in [-0.39, 0.29) is 23.8 Å². The van der Waals surface area contributed by atoms with Gasteiger partial charge in [-0.3, -0.25) is 4.79 Å². The average Bonchev–Trinajstić information content (AvgIpc) is 3.71. The van der Waals surface area contributed by atoms with E-state index < -0.39 is 24.1 Å². The normalized spacial score (nSPS) is 25.9. The van der Waals surface area contributed by atoms with Gasteiger partial charge >= 0.3 is 5.92 Å². The number of benzene rings is 1. The fourth-order valence-corrected chi connectivity index (χ4v) is 6.09. The Morgan fingerprint density at radius 3 is 2.68 bits per heavy atom. The van der Waals surface area contributed by atoms with Crippen LogP contribution in [0.15, 0.2) is 29.2 Å². The predicted molar refractivity (Wildman–Crippen MR) is 140 cm³/mol. The molecule has 0 spiro atoms. The Morgan fingerprint density at radius 2 is 1.95 bits per heavy atom. The van der Waals surface area contributed by atoms with E-state index in [1.165, 1.54) is 4.57 Å². The van der Waals surface area contributed by atoms with E-state index in [0.29, 0.717) is 52.3 Å². The van der Waals surface area contributed by atoms with Crippen LogP contribution >= 0.6 is 11.6 Å². The van der Waals surface area contributed by atoms with Gasteiger partial charge in [-0.2, -0.15) is 4.98 Å². The van der Waals surface area contributed by atoms with Crippen LogP contribution in [-0.2, 0) is 11.8 Å². The van der Waals surface area contributed by atoms with Gasteiger partial charge in [0, 0.05) is 18.1 Å². The van der Waals surface area contributed by atoms with Crippen LogP contribution in [-0.4, -0.2) is 58.4 Å². The lowest BCUT2D eigenvalue weighted by molar-refractivity contribution is -0.0579. The molecule has 2 N–H and O–H groups in total. The Morgan fingerprint density at radius 1 is 1.18 bits per heavy atom. The van der Waals surface area contributed by atoms with Crippen LogP contribution in [0.25, 0.3) is 10.9 Å². The van der Waals surface area contributed by atoms with Gasteiger partial charge in [0.15, 0.2) is 12.4 Å². The lowest BCUT2D eigenvalue weighted by atomic mass is 10.0. The zero-order valence-electron chi connectivity index (χ0n) is 20.7. The van der Waals surface area contributed by atoms with Crippen LogP contribution in [0.1, 0.15) is 25.7 Å². The van der Waals surface area contributed by atoms with E-state index in [1.54, 1.807) is 31.4 Å². The number of halogens is 3. The molecule has 2 aromatic heterocycles. The van der Waals surface area contributed by atoms with Crippen LogP contribution < -0.4 is 25.8 Å². The molecule has 7 rings (SSSR count). The molecule has 4 aliphatic rings. The Labute approximate surface area is 222 Å². The smallest absolute Gasteiger partial charge is 0.301 e. The molecule has 1 aliphatic carbocycles. The summed E-state index contributed by atoms with van der Waals surface area (Å²) in [5.41, 5.74) is 1.06. The number of ether oxygens (including phenoxy) is 2. The Kier molecular flexibility index (Phi) is 5.45. The highest BCUT2D eigenvalue weighted by Crippen LogP contribution is 2.45. The number of aromatic nitrogens is 3. The summed E-state index contributed by atoms with van der Waals surface area (Å²) >= 11 is 6.48. The zero-order valence-corrected chi connectivity index (χ0v) is 21.5. The van der Waals surface area contributed by atoms with Gasteiger partial charge in [-0.05, 0) is 49.8 Å². The zero-order chi connectivity index (χ0) is 26.2. The van der Waals surface area contributed by atoms with E-state index in [9.17, 15) is 13.6 Å². The Bertz CT molecular complexity index is 1480. The molecule has 3 fully saturated rings. The summed E-state index contributed by atoms with van der Waals surface area (Å²) in [5, 5.41) is 7.22. The van der Waals surface area contributed by atoms with Crippen molar-refractivity contribution in [3.05, 3.63) is 39.8 Å². The fraction of sp³-hybridized carbons (Fsp3) is 0.500. The minimum atomic E-state index is -3.10. The van der Waals surface area contributed by atoms with Gasteiger partial charge in [-0.15, -0.1) is 0 Å². The van der Waals surface area contributed by atoms with E-state index in [1.807, 2.05) is 0 Å². The van der Waals surface area contributed by atoms with Crippen LogP contribution in [0.2, 0.25) is 5.02 Å². The third-order valence-corrected chi connectivity index (χ3v) is 8.35. The van der Waals surface area contributed by atoms with Gasteiger partial charge in [0.25, 0.3) is 5.56 Å². The fourth-order valence-electron chi connectivity index (χ4n) is 5.95. The SMILES string of the molecule is Cn1c(=O)c2c(c3cc(Nc4nc(N5C6CCC5COC6)ncc4Cl)ccc31)N[C@@H](C1CC1)C(F)(F)CO2. The lowest BCUT2D eigenvalue weighted by Crippen LogP contribution is -2.46. The highest BCUT2D eigenvalue weighted by Gasteiger charge is 2.51. The molecule has 1 saturated carbocycles. The van der Waals surface area contributed by atoms with Crippen molar-refractivity contribution in [3.8, 4) is 5.75 Å². The molecule has 1 aromatic carbocycles. The molecule has 0 amide bonds. The highest BCUT2D eigenvalue weighted by molar-refractivity contribution is 6.33. The minimum absolute atomic E-state index is 0.0925. The third-order valence-electron chi connectivity index (χ3n) is 8.08. The molecule has 3 aromatic rings. The molecule has 3 aliphatic heterocycles. The largest absolute Gasteiger partial charge is 0.480 e. The number of alkyl halides is 2. The van der Waals surface area contributed by atoms with Gasteiger partial charge < -0.3 is 29.6 Å².